The van der Waals surface area contributed by atoms with Crippen molar-refractivity contribution in [3.8, 4) is 6.07 Å². The van der Waals surface area contributed by atoms with Crippen LogP contribution < -0.4 is 5.32 Å². The molecule has 1 heterocycles. The molecule has 15 heavy (non-hydrogen) atoms. The van der Waals surface area contributed by atoms with Gasteiger partial charge in [0, 0.05) is 7.05 Å². The van der Waals surface area contributed by atoms with Crippen LogP contribution >= 0.6 is 0 Å². The Morgan fingerprint density at radius 1 is 1.80 bits per heavy atom. The smallest absolute Gasteiger partial charge is 0.270 e. The lowest BCUT2D eigenvalue weighted by Gasteiger charge is -2.05. The summed E-state index contributed by atoms with van der Waals surface area (Å²) in [4.78, 5) is 11.6. The van der Waals surface area contributed by atoms with E-state index in [0.29, 0.717) is 5.69 Å². The van der Waals surface area contributed by atoms with Gasteiger partial charge in [-0.1, -0.05) is 6.92 Å². The van der Waals surface area contributed by atoms with Gasteiger partial charge in [-0.25, -0.2) is 0 Å². The molecule has 1 aromatic rings. The summed E-state index contributed by atoms with van der Waals surface area (Å²) in [5, 5.41) is 15.3. The maximum Gasteiger partial charge on any atom is 0.270 e. The molecule has 0 spiro atoms. The first-order valence-electron chi connectivity index (χ1n) is 4.81. The molecule has 0 aliphatic rings. The van der Waals surface area contributed by atoms with Gasteiger partial charge in [0.15, 0.2) is 0 Å². The number of hydrogen-bond acceptors (Lipinski definition) is 3. The van der Waals surface area contributed by atoms with E-state index in [2.05, 4.69) is 10.4 Å². The van der Waals surface area contributed by atoms with Crippen molar-refractivity contribution in [2.24, 2.45) is 7.05 Å². The second-order valence-electron chi connectivity index (χ2n) is 3.32. The van der Waals surface area contributed by atoms with Crippen LogP contribution in [0.3, 0.4) is 0 Å². The molecule has 0 saturated heterocycles. The first kappa shape index (κ1) is 11.2. The number of nitriles is 1. The highest BCUT2D eigenvalue weighted by Crippen LogP contribution is 2.03. The zero-order chi connectivity index (χ0) is 11.4. The Kier molecular flexibility index (Phi) is 3.45. The van der Waals surface area contributed by atoms with Crippen LogP contribution in [0, 0.1) is 11.3 Å². The van der Waals surface area contributed by atoms with Crippen molar-refractivity contribution in [1.29, 1.82) is 5.26 Å². The Morgan fingerprint density at radius 3 is 2.93 bits per heavy atom. The average Bonchev–Trinajstić information content (AvgIpc) is 2.59. The van der Waals surface area contributed by atoms with E-state index < -0.39 is 6.04 Å². The lowest BCUT2D eigenvalue weighted by Crippen LogP contribution is -2.32. The SMILES string of the molecule is CCc1cc(C(=O)NC(C)C#N)n(C)n1. The molecule has 0 bridgehead atoms. The Balaban J connectivity index is 2.82. The van der Waals surface area contributed by atoms with Gasteiger partial charge in [-0.15, -0.1) is 0 Å². The second kappa shape index (κ2) is 4.60. The molecule has 1 atom stereocenters. The minimum Gasteiger partial charge on any atom is -0.335 e. The fraction of sp³-hybridized carbons (Fsp3) is 0.500. The van der Waals surface area contributed by atoms with Crippen molar-refractivity contribution in [2.45, 2.75) is 26.3 Å². The molecule has 80 valence electrons. The number of nitrogens with zero attached hydrogens (tertiary/aromatic N) is 3. The van der Waals surface area contributed by atoms with Gasteiger partial charge in [0.2, 0.25) is 0 Å². The third-order valence-corrected chi connectivity index (χ3v) is 2.07. The molecule has 0 aliphatic heterocycles. The molecule has 5 heteroatoms. The highest BCUT2D eigenvalue weighted by molar-refractivity contribution is 5.93. The molecule has 0 aliphatic carbocycles. The highest BCUT2D eigenvalue weighted by Gasteiger charge is 2.14. The van der Waals surface area contributed by atoms with Crippen LogP contribution in [-0.4, -0.2) is 21.7 Å². The van der Waals surface area contributed by atoms with Crippen molar-refractivity contribution in [1.82, 2.24) is 15.1 Å². The fourth-order valence-corrected chi connectivity index (χ4v) is 1.21. The molecule has 1 amide bonds. The molecular weight excluding hydrogens is 192 g/mol. The van der Waals surface area contributed by atoms with Gasteiger partial charge in [-0.05, 0) is 19.4 Å². The minimum atomic E-state index is -0.488. The van der Waals surface area contributed by atoms with E-state index >= 15 is 0 Å². The van der Waals surface area contributed by atoms with Gasteiger partial charge in [-0.2, -0.15) is 10.4 Å². The summed E-state index contributed by atoms with van der Waals surface area (Å²) in [6.07, 6.45) is 0.787. The summed E-state index contributed by atoms with van der Waals surface area (Å²) < 4.78 is 1.53. The van der Waals surface area contributed by atoms with Crippen molar-refractivity contribution >= 4 is 5.91 Å². The van der Waals surface area contributed by atoms with Crippen LogP contribution in [0.2, 0.25) is 0 Å². The highest BCUT2D eigenvalue weighted by atomic mass is 16.2. The first-order chi connectivity index (χ1) is 7.08. The van der Waals surface area contributed by atoms with Gasteiger partial charge in [0.25, 0.3) is 5.91 Å². The molecule has 0 radical (unpaired) electrons. The number of aryl methyl sites for hydroxylation is 2. The van der Waals surface area contributed by atoms with Crippen molar-refractivity contribution in [2.75, 3.05) is 0 Å². The van der Waals surface area contributed by atoms with E-state index in [1.165, 1.54) is 4.68 Å². The molecular formula is C10H14N4O. The topological polar surface area (TPSA) is 70.7 Å². The summed E-state index contributed by atoms with van der Waals surface area (Å²) >= 11 is 0. The standard InChI is InChI=1S/C10H14N4O/c1-4-8-5-9(14(3)13-8)10(15)12-7(2)6-11/h5,7H,4H2,1-3H3,(H,12,15). The van der Waals surface area contributed by atoms with E-state index in [-0.39, 0.29) is 5.91 Å². The third kappa shape index (κ3) is 2.56. The molecule has 5 nitrogen and oxygen atoms in total. The van der Waals surface area contributed by atoms with Gasteiger partial charge in [-0.3, -0.25) is 9.48 Å². The summed E-state index contributed by atoms with van der Waals surface area (Å²) in [5.41, 5.74) is 1.35. The molecule has 1 unspecified atom stereocenters. The molecule has 0 fully saturated rings. The normalized spacial score (nSPS) is 11.9. The molecule has 1 aromatic heterocycles. The number of hydrogen-bond donors (Lipinski definition) is 1. The van der Waals surface area contributed by atoms with Gasteiger partial charge in [0.1, 0.15) is 11.7 Å². The summed E-state index contributed by atoms with van der Waals surface area (Å²) in [6, 6.07) is 3.19. The second-order valence-corrected chi connectivity index (χ2v) is 3.32. The zero-order valence-corrected chi connectivity index (χ0v) is 9.11. The number of amides is 1. The quantitative estimate of drug-likeness (QED) is 0.788. The Morgan fingerprint density at radius 2 is 2.47 bits per heavy atom. The van der Waals surface area contributed by atoms with Crippen molar-refractivity contribution in [3.63, 3.8) is 0 Å². The minimum absolute atomic E-state index is 0.265. The molecule has 1 N–H and O–H groups in total. The number of carbonyl (C=O) groups excluding carboxylic acids is 1. The monoisotopic (exact) mass is 206 g/mol. The third-order valence-electron chi connectivity index (χ3n) is 2.07. The fourth-order valence-electron chi connectivity index (χ4n) is 1.21. The zero-order valence-electron chi connectivity index (χ0n) is 9.11. The van der Waals surface area contributed by atoms with Crippen LogP contribution in [0.25, 0.3) is 0 Å². The predicted molar refractivity (Wildman–Crippen MR) is 55.1 cm³/mol. The van der Waals surface area contributed by atoms with Crippen LogP contribution in [0.1, 0.15) is 30.0 Å². The van der Waals surface area contributed by atoms with Crippen molar-refractivity contribution < 1.29 is 4.79 Å². The Labute approximate surface area is 88.7 Å². The van der Waals surface area contributed by atoms with Gasteiger partial charge in [0.05, 0.1) is 11.8 Å². The van der Waals surface area contributed by atoms with Crippen LogP contribution in [0.15, 0.2) is 6.07 Å². The Bertz CT molecular complexity index is 402. The van der Waals surface area contributed by atoms with E-state index in [1.807, 2.05) is 13.0 Å². The van der Waals surface area contributed by atoms with E-state index in [4.69, 9.17) is 5.26 Å². The lowest BCUT2D eigenvalue weighted by atomic mass is 10.3. The van der Waals surface area contributed by atoms with Gasteiger partial charge < -0.3 is 5.32 Å². The van der Waals surface area contributed by atoms with Crippen LogP contribution in [0.5, 0.6) is 0 Å². The van der Waals surface area contributed by atoms with Crippen LogP contribution in [-0.2, 0) is 13.5 Å². The maximum absolute atomic E-state index is 11.6. The lowest BCUT2D eigenvalue weighted by molar-refractivity contribution is 0.0938. The maximum atomic E-state index is 11.6. The summed E-state index contributed by atoms with van der Waals surface area (Å²) in [5.74, 6) is -0.265. The van der Waals surface area contributed by atoms with E-state index in [1.54, 1.807) is 20.0 Å². The largest absolute Gasteiger partial charge is 0.335 e. The summed E-state index contributed by atoms with van der Waals surface area (Å²) in [7, 11) is 1.71. The average molecular weight is 206 g/mol. The number of aromatic nitrogens is 2. The number of carbonyl (C=O) groups is 1. The Hall–Kier alpha value is -1.83. The predicted octanol–water partition coefficient (Wildman–Crippen LogP) is 0.624. The molecule has 0 saturated carbocycles. The molecule has 0 aromatic carbocycles. The molecule has 1 rings (SSSR count). The van der Waals surface area contributed by atoms with E-state index in [0.717, 1.165) is 12.1 Å². The van der Waals surface area contributed by atoms with Crippen LogP contribution in [0.4, 0.5) is 0 Å². The van der Waals surface area contributed by atoms with Crippen molar-refractivity contribution in [3.05, 3.63) is 17.5 Å². The first-order valence-corrected chi connectivity index (χ1v) is 4.81. The van der Waals surface area contributed by atoms with E-state index in [9.17, 15) is 4.79 Å². The number of nitrogens with one attached hydrogen (secondary N) is 1. The van der Waals surface area contributed by atoms with Gasteiger partial charge >= 0.3 is 0 Å². The summed E-state index contributed by atoms with van der Waals surface area (Å²) in [6.45, 7) is 3.61. The number of rotatable bonds is 3.